The van der Waals surface area contributed by atoms with E-state index < -0.39 is 19.8 Å². The van der Waals surface area contributed by atoms with Crippen LogP contribution in [-0.2, 0) is 30.9 Å². The summed E-state index contributed by atoms with van der Waals surface area (Å²) in [6.45, 7) is 1.94. The molecule has 0 aliphatic rings. The smallest absolute Gasteiger partial charge is 0.550 e. The number of hydrogen-bond donors (Lipinski definition) is 0. The van der Waals surface area contributed by atoms with Crippen LogP contribution in [0, 0.1) is 0 Å². The molecule has 10 heteroatoms. The molecule has 0 amide bonds. The van der Waals surface area contributed by atoms with Gasteiger partial charge in [-0.25, -0.2) is 0 Å². The van der Waals surface area contributed by atoms with E-state index in [-0.39, 0.29) is 16.8 Å². The number of hydrogen-bond acceptors (Lipinski definition) is 8. The maximum Gasteiger partial charge on any atom is 2.00 e. The maximum atomic E-state index is 13.1. The van der Waals surface area contributed by atoms with Crippen LogP contribution in [0.25, 0.3) is 0 Å². The average Bonchev–Trinajstić information content (AvgIpc) is 2.69. The number of benzene rings is 3. The van der Waals surface area contributed by atoms with E-state index in [1.807, 2.05) is 18.2 Å². The quantitative estimate of drug-likeness (QED) is 0.471. The molecule has 0 aliphatic carbocycles. The molecule has 0 heterocycles. The van der Waals surface area contributed by atoms with Crippen LogP contribution in [0.1, 0.15) is 13.8 Å². The fourth-order valence-electron chi connectivity index (χ4n) is 1.89. The molecule has 0 N–H and O–H groups in total. The van der Waals surface area contributed by atoms with E-state index in [9.17, 15) is 4.57 Å². The number of phosphoric acid groups is 1. The molecule has 0 unspecified atom stereocenters. The minimum atomic E-state index is -3.89. The molecular weight excluding hydrogens is 482 g/mol. The molecule has 0 bridgehead atoms. The van der Waals surface area contributed by atoms with Crippen molar-refractivity contribution >= 4 is 19.8 Å². The molecule has 0 spiro atoms. The van der Waals surface area contributed by atoms with Gasteiger partial charge in [0.1, 0.15) is 17.2 Å². The van der Waals surface area contributed by atoms with Gasteiger partial charge in [-0.1, -0.05) is 54.6 Å². The summed E-state index contributed by atoms with van der Waals surface area (Å²) >= 11 is 0. The van der Waals surface area contributed by atoms with E-state index in [0.717, 1.165) is 13.8 Å². The summed E-state index contributed by atoms with van der Waals surface area (Å²) < 4.78 is 29.6. The summed E-state index contributed by atoms with van der Waals surface area (Å²) in [4.78, 5) is 17.8. The van der Waals surface area contributed by atoms with E-state index in [1.165, 1.54) is 0 Å². The number of carboxylic acid groups (broad SMARTS) is 2. The third kappa shape index (κ3) is 13.9. The Bertz CT molecular complexity index is 841. The van der Waals surface area contributed by atoms with Gasteiger partial charge in [0.15, 0.2) is 0 Å². The Morgan fingerprint density at radius 3 is 0.969 bits per heavy atom. The van der Waals surface area contributed by atoms with Crippen molar-refractivity contribution < 1.29 is 54.7 Å². The van der Waals surface area contributed by atoms with Gasteiger partial charge in [-0.3, -0.25) is 0 Å². The summed E-state index contributed by atoms with van der Waals surface area (Å²) in [5.41, 5.74) is 0. The van der Waals surface area contributed by atoms with Crippen LogP contribution in [0.15, 0.2) is 91.0 Å². The molecule has 0 aromatic heterocycles. The number of rotatable bonds is 6. The molecule has 171 valence electrons. The van der Waals surface area contributed by atoms with Crippen molar-refractivity contribution in [2.75, 3.05) is 0 Å². The zero-order chi connectivity index (χ0) is 23.1. The van der Waals surface area contributed by atoms with Gasteiger partial charge in [-0.15, -0.1) is 0 Å². The van der Waals surface area contributed by atoms with Crippen LogP contribution in [0.3, 0.4) is 0 Å². The molecule has 0 atom stereocenters. The normalized spacial score (nSPS) is 9.31. The summed E-state index contributed by atoms with van der Waals surface area (Å²) in [6, 6.07) is 26.4. The van der Waals surface area contributed by atoms with Crippen molar-refractivity contribution in [2.24, 2.45) is 0 Å². The van der Waals surface area contributed by atoms with Gasteiger partial charge in [0.05, 0.1) is 0 Å². The van der Waals surface area contributed by atoms with Gasteiger partial charge in [-0.05, 0) is 50.2 Å². The second-order valence-corrected chi connectivity index (χ2v) is 7.09. The molecule has 32 heavy (non-hydrogen) atoms. The molecule has 0 aliphatic heterocycles. The first kappa shape index (κ1) is 28.7. The third-order valence-electron chi connectivity index (χ3n) is 2.88. The van der Waals surface area contributed by atoms with E-state index in [0.29, 0.717) is 17.2 Å². The largest absolute Gasteiger partial charge is 2.00 e. The van der Waals surface area contributed by atoms with Crippen molar-refractivity contribution in [3.05, 3.63) is 91.0 Å². The summed E-state index contributed by atoms with van der Waals surface area (Å²) in [7, 11) is -3.89. The van der Waals surface area contributed by atoms with Crippen molar-refractivity contribution in [1.82, 2.24) is 0 Å². The number of aliphatic carboxylic acids is 2. The summed E-state index contributed by atoms with van der Waals surface area (Å²) in [6.07, 6.45) is 0. The van der Waals surface area contributed by atoms with Crippen molar-refractivity contribution in [3.63, 3.8) is 0 Å². The van der Waals surface area contributed by atoms with Gasteiger partial charge in [-0.2, -0.15) is 4.57 Å². The zero-order valence-corrected chi connectivity index (χ0v) is 19.1. The molecule has 0 saturated carbocycles. The van der Waals surface area contributed by atoms with Gasteiger partial charge in [0, 0.05) is 11.9 Å². The maximum absolute atomic E-state index is 13.1. The monoisotopic (exact) mass is 503 g/mol. The first-order valence-corrected chi connectivity index (χ1v) is 10.4. The van der Waals surface area contributed by atoms with E-state index in [4.69, 9.17) is 33.4 Å². The predicted octanol–water partition coefficient (Wildman–Crippen LogP) is 2.84. The van der Waals surface area contributed by atoms with Crippen LogP contribution in [0.2, 0.25) is 0 Å². The Balaban J connectivity index is 0.000000928. The zero-order valence-electron chi connectivity index (χ0n) is 17.2. The van der Waals surface area contributed by atoms with E-state index in [2.05, 4.69) is 0 Å². The van der Waals surface area contributed by atoms with Gasteiger partial charge in [0.2, 0.25) is 0 Å². The summed E-state index contributed by atoms with van der Waals surface area (Å²) in [5, 5.41) is 17.8. The number of para-hydroxylation sites is 3. The molecule has 3 aromatic rings. The Morgan fingerprint density at radius 2 is 0.781 bits per heavy atom. The number of phosphoric ester groups is 1. The Morgan fingerprint density at radius 1 is 0.594 bits per heavy atom. The van der Waals surface area contributed by atoms with Gasteiger partial charge in [0.25, 0.3) is 0 Å². The van der Waals surface area contributed by atoms with Crippen LogP contribution in [0.4, 0.5) is 0 Å². The molecule has 0 saturated heterocycles. The predicted molar refractivity (Wildman–Crippen MR) is 110 cm³/mol. The second kappa shape index (κ2) is 15.5. The third-order valence-corrected chi connectivity index (χ3v) is 4.18. The fraction of sp³-hybridized carbons (Fsp3) is 0.0909. The Labute approximate surface area is 196 Å². The minimum Gasteiger partial charge on any atom is -0.550 e. The number of carbonyl (C=O) groups is 2. The van der Waals surface area contributed by atoms with E-state index in [1.54, 1.807) is 72.8 Å². The molecule has 0 fully saturated rings. The van der Waals surface area contributed by atoms with E-state index >= 15 is 0 Å². The molecular formula is C22H21CoO8P. The first-order chi connectivity index (χ1) is 14.7. The van der Waals surface area contributed by atoms with Crippen LogP contribution in [0.5, 0.6) is 17.2 Å². The van der Waals surface area contributed by atoms with Crippen LogP contribution in [-0.4, -0.2) is 11.9 Å². The molecule has 1 radical (unpaired) electrons. The molecule has 3 aromatic carbocycles. The standard InChI is InChI=1S/C18H15O4P.2C2H4O2.Co/c19-23(20-16-10-4-1-5-11-16,21-17-12-6-2-7-13-17)22-18-14-8-3-9-15-18;2*1-2(3)4;/h1-15H;2*1H3,(H,3,4);/q;;;+2/p-2. The molecule has 8 nitrogen and oxygen atoms in total. The van der Waals surface area contributed by atoms with Crippen molar-refractivity contribution in [3.8, 4) is 17.2 Å². The number of carboxylic acids is 2. The van der Waals surface area contributed by atoms with Crippen molar-refractivity contribution in [2.45, 2.75) is 13.8 Å². The average molecular weight is 503 g/mol. The second-order valence-electron chi connectivity index (χ2n) is 5.64. The van der Waals surface area contributed by atoms with Crippen LogP contribution >= 0.6 is 7.82 Å². The fourth-order valence-corrected chi connectivity index (χ4v) is 3.14. The van der Waals surface area contributed by atoms with Gasteiger partial charge >= 0.3 is 24.6 Å². The molecule has 3 rings (SSSR count). The number of carbonyl (C=O) groups excluding carboxylic acids is 2. The topological polar surface area (TPSA) is 125 Å². The van der Waals surface area contributed by atoms with Gasteiger partial charge < -0.3 is 33.4 Å². The first-order valence-electron chi connectivity index (χ1n) is 8.89. The SMILES string of the molecule is CC(=O)[O-].CC(=O)[O-].O=P(Oc1ccccc1)(Oc1ccccc1)Oc1ccccc1.[Co+2]. The minimum absolute atomic E-state index is 0. The van der Waals surface area contributed by atoms with Crippen LogP contribution < -0.4 is 23.8 Å². The van der Waals surface area contributed by atoms with Crippen molar-refractivity contribution in [1.29, 1.82) is 0 Å². The Kier molecular flexibility index (Phi) is 13.9. The Hall–Kier alpha value is -3.26. The summed E-state index contributed by atoms with van der Waals surface area (Å²) in [5.74, 6) is -0.951.